The van der Waals surface area contributed by atoms with Crippen LogP contribution in [0.3, 0.4) is 0 Å². The fraction of sp³-hybridized carbons (Fsp3) is 0.152. The van der Waals surface area contributed by atoms with Crippen LogP contribution in [0.5, 0.6) is 0 Å². The van der Waals surface area contributed by atoms with E-state index in [4.69, 9.17) is 4.74 Å². The van der Waals surface area contributed by atoms with E-state index in [0.29, 0.717) is 23.3 Å². The second-order valence-corrected chi connectivity index (χ2v) is 13.7. The van der Waals surface area contributed by atoms with E-state index in [-0.39, 0.29) is 23.2 Å². The van der Waals surface area contributed by atoms with Crippen LogP contribution >= 0.6 is 7.26 Å². The van der Waals surface area contributed by atoms with Gasteiger partial charge in [-0.15, -0.1) is 0 Å². The maximum absolute atomic E-state index is 13.2. The number of benzene rings is 4. The maximum atomic E-state index is 13.2. The monoisotopic (exact) mass is 506 g/mol. The topological polar surface area (TPSA) is 43.4 Å². The first-order chi connectivity index (χ1) is 18.0. The SMILES string of the molecule is CC1=C(OCC(C)C[PH](c2ccccc2)(c2ccccc2)c2ccccc2)C(=O)c2ccccc2C1=O. The molecule has 5 rings (SSSR count). The van der Waals surface area contributed by atoms with Gasteiger partial charge in [-0.2, -0.15) is 0 Å². The molecule has 0 radical (unpaired) electrons. The number of carbonyl (C=O) groups excluding carboxylic acids is 2. The number of hydrogen-bond donors (Lipinski definition) is 0. The van der Waals surface area contributed by atoms with Crippen molar-refractivity contribution < 1.29 is 14.3 Å². The van der Waals surface area contributed by atoms with Gasteiger partial charge in [-0.05, 0) is 0 Å². The molecule has 1 atom stereocenters. The Balaban J connectivity index is 1.49. The predicted octanol–water partition coefficient (Wildman–Crippen LogP) is 5.72. The van der Waals surface area contributed by atoms with Crippen LogP contribution < -0.4 is 15.9 Å². The van der Waals surface area contributed by atoms with Crippen molar-refractivity contribution in [3.63, 3.8) is 0 Å². The summed E-state index contributed by atoms with van der Waals surface area (Å²) < 4.78 is 6.18. The Bertz CT molecular complexity index is 1350. The zero-order valence-corrected chi connectivity index (χ0v) is 22.2. The molecule has 0 bridgehead atoms. The summed E-state index contributed by atoms with van der Waals surface area (Å²) in [6.45, 7) is 4.22. The number of rotatable bonds is 8. The molecule has 1 unspecified atom stereocenters. The summed E-state index contributed by atoms with van der Waals surface area (Å²) in [6, 6.07) is 39.3. The van der Waals surface area contributed by atoms with Gasteiger partial charge in [0.25, 0.3) is 0 Å². The van der Waals surface area contributed by atoms with Crippen LogP contribution in [0.4, 0.5) is 0 Å². The fourth-order valence-corrected chi connectivity index (χ4v) is 10.6. The van der Waals surface area contributed by atoms with E-state index in [1.807, 2.05) is 0 Å². The summed E-state index contributed by atoms with van der Waals surface area (Å²) in [5, 5.41) is 4.02. The molecule has 4 aromatic carbocycles. The molecule has 186 valence electrons. The minimum atomic E-state index is -2.43. The molecule has 0 N–H and O–H groups in total. The minimum absolute atomic E-state index is 0.132. The summed E-state index contributed by atoms with van der Waals surface area (Å²) in [5.41, 5.74) is 1.25. The Hall–Kier alpha value is -3.81. The van der Waals surface area contributed by atoms with Gasteiger partial charge in [-0.1, -0.05) is 0 Å². The molecule has 0 spiro atoms. The van der Waals surface area contributed by atoms with E-state index in [2.05, 4.69) is 97.9 Å². The molecule has 0 fully saturated rings. The summed E-state index contributed by atoms with van der Waals surface area (Å²) in [5.74, 6) is -0.0355. The Morgan fingerprint density at radius 1 is 0.622 bits per heavy atom. The third kappa shape index (κ3) is 4.68. The van der Waals surface area contributed by atoms with E-state index in [1.54, 1.807) is 31.2 Å². The van der Waals surface area contributed by atoms with Crippen molar-refractivity contribution >= 4 is 34.7 Å². The van der Waals surface area contributed by atoms with Gasteiger partial charge in [-0.3, -0.25) is 0 Å². The normalized spacial score (nSPS) is 14.8. The van der Waals surface area contributed by atoms with Crippen molar-refractivity contribution in [3.05, 3.63) is 138 Å². The molecular weight excluding hydrogens is 475 g/mol. The number of Topliss-reactive ketones (excluding diaryl/α,β-unsaturated/α-hetero) is 2. The third-order valence-electron chi connectivity index (χ3n) is 7.27. The number of ketones is 2. The van der Waals surface area contributed by atoms with Crippen LogP contribution in [0.15, 0.2) is 127 Å². The van der Waals surface area contributed by atoms with Crippen molar-refractivity contribution in [3.8, 4) is 0 Å². The number of fused-ring (bicyclic) bond motifs is 1. The molecule has 1 aliphatic carbocycles. The first-order valence-corrected chi connectivity index (χ1v) is 14.9. The molecule has 37 heavy (non-hydrogen) atoms. The van der Waals surface area contributed by atoms with Gasteiger partial charge >= 0.3 is 219 Å². The molecule has 4 aromatic rings. The standard InChI is InChI=1S/C33H31O3P/c1-24(22-36-33-25(2)31(34)29-20-12-13-21-30(29)32(33)35)23-37(26-14-6-3-7-15-26,27-16-8-4-9-17-27)28-18-10-5-11-19-28/h3-21,24,37H,22-23H2,1-2H3. The molecule has 0 amide bonds. The second kappa shape index (κ2) is 10.7. The Morgan fingerprint density at radius 3 is 1.49 bits per heavy atom. The van der Waals surface area contributed by atoms with Crippen LogP contribution in [0, 0.1) is 5.92 Å². The van der Waals surface area contributed by atoms with Crippen LogP contribution in [-0.2, 0) is 4.74 Å². The van der Waals surface area contributed by atoms with Gasteiger partial charge in [0.2, 0.25) is 0 Å². The second-order valence-electron chi connectivity index (χ2n) is 9.78. The van der Waals surface area contributed by atoms with Crippen molar-refractivity contribution in [2.45, 2.75) is 13.8 Å². The molecule has 0 aromatic heterocycles. The fourth-order valence-electron chi connectivity index (χ4n) is 5.48. The van der Waals surface area contributed by atoms with Crippen LogP contribution in [0.2, 0.25) is 0 Å². The number of carbonyl (C=O) groups is 2. The predicted molar refractivity (Wildman–Crippen MR) is 154 cm³/mol. The van der Waals surface area contributed by atoms with Crippen LogP contribution in [-0.4, -0.2) is 24.3 Å². The number of ether oxygens (including phenoxy) is 1. The zero-order chi connectivity index (χ0) is 25.8. The van der Waals surface area contributed by atoms with Gasteiger partial charge < -0.3 is 0 Å². The summed E-state index contributed by atoms with van der Waals surface area (Å²) >= 11 is 0. The molecule has 0 saturated heterocycles. The van der Waals surface area contributed by atoms with Gasteiger partial charge in [0, 0.05) is 0 Å². The first kappa shape index (κ1) is 24.9. The first-order valence-electron chi connectivity index (χ1n) is 12.7. The summed E-state index contributed by atoms with van der Waals surface area (Å²) in [7, 11) is -2.43. The van der Waals surface area contributed by atoms with Gasteiger partial charge in [0.05, 0.1) is 0 Å². The van der Waals surface area contributed by atoms with Crippen molar-refractivity contribution in [1.29, 1.82) is 0 Å². The molecule has 3 nitrogen and oxygen atoms in total. The molecule has 0 heterocycles. The van der Waals surface area contributed by atoms with E-state index in [9.17, 15) is 9.59 Å². The molecule has 1 aliphatic rings. The third-order valence-corrected chi connectivity index (χ3v) is 12.5. The molecule has 4 heteroatoms. The quantitative estimate of drug-likeness (QED) is 0.287. The van der Waals surface area contributed by atoms with Crippen molar-refractivity contribution in [2.24, 2.45) is 5.92 Å². The summed E-state index contributed by atoms with van der Waals surface area (Å²) in [4.78, 5) is 26.1. The molecular formula is C33H31O3P. The van der Waals surface area contributed by atoms with E-state index in [1.165, 1.54) is 15.9 Å². The van der Waals surface area contributed by atoms with Crippen molar-refractivity contribution in [1.82, 2.24) is 0 Å². The Kier molecular flexibility index (Phi) is 7.17. The van der Waals surface area contributed by atoms with E-state index >= 15 is 0 Å². The average molecular weight is 507 g/mol. The van der Waals surface area contributed by atoms with E-state index in [0.717, 1.165) is 6.16 Å². The Labute approximate surface area is 219 Å². The van der Waals surface area contributed by atoms with E-state index < -0.39 is 7.26 Å². The molecule has 0 saturated carbocycles. The van der Waals surface area contributed by atoms with Crippen LogP contribution in [0.25, 0.3) is 0 Å². The van der Waals surface area contributed by atoms with Gasteiger partial charge in [0.15, 0.2) is 0 Å². The van der Waals surface area contributed by atoms with Gasteiger partial charge in [0.1, 0.15) is 0 Å². The zero-order valence-electron chi connectivity index (χ0n) is 21.2. The number of hydrogen-bond acceptors (Lipinski definition) is 3. The van der Waals surface area contributed by atoms with Gasteiger partial charge in [-0.25, -0.2) is 0 Å². The summed E-state index contributed by atoms with van der Waals surface area (Å²) in [6.07, 6.45) is 0.899. The molecule has 0 aliphatic heterocycles. The van der Waals surface area contributed by atoms with Crippen molar-refractivity contribution in [2.75, 3.05) is 12.8 Å². The number of allylic oxidation sites excluding steroid dienone is 2. The average Bonchev–Trinajstić information content (AvgIpc) is 2.96. The van der Waals surface area contributed by atoms with Crippen LogP contribution in [0.1, 0.15) is 34.6 Å². The Morgan fingerprint density at radius 2 is 1.03 bits per heavy atom.